The van der Waals surface area contributed by atoms with Gasteiger partial charge in [-0.3, -0.25) is 4.55 Å². The lowest BCUT2D eigenvalue weighted by Gasteiger charge is -2.00. The van der Waals surface area contributed by atoms with Gasteiger partial charge in [-0.1, -0.05) is 19.8 Å². The summed E-state index contributed by atoms with van der Waals surface area (Å²) in [4.78, 5) is 0. The molecule has 0 aliphatic rings. The Morgan fingerprint density at radius 1 is 1.42 bits per heavy atom. The van der Waals surface area contributed by atoms with E-state index in [1.807, 2.05) is 6.92 Å². The van der Waals surface area contributed by atoms with Gasteiger partial charge in [0, 0.05) is 0 Å². The summed E-state index contributed by atoms with van der Waals surface area (Å²) in [5.41, 5.74) is 0. The lowest BCUT2D eigenvalue weighted by atomic mass is 10.3. The fourth-order valence-electron chi connectivity index (χ4n) is 0.692. The molecule has 0 bridgehead atoms. The van der Waals surface area contributed by atoms with Gasteiger partial charge in [0.05, 0.1) is 5.75 Å². The molecule has 1 unspecified atom stereocenters. The zero-order valence-electron chi connectivity index (χ0n) is 6.82. The van der Waals surface area contributed by atoms with Crippen LogP contribution in [-0.2, 0) is 21.3 Å². The van der Waals surface area contributed by atoms with Crippen LogP contribution in [0.4, 0.5) is 0 Å². The van der Waals surface area contributed by atoms with E-state index in [-0.39, 0.29) is 5.75 Å². The van der Waals surface area contributed by atoms with Crippen molar-refractivity contribution in [2.45, 2.75) is 26.2 Å². The van der Waals surface area contributed by atoms with E-state index < -0.39 is 21.3 Å². The lowest BCUT2D eigenvalue weighted by Crippen LogP contribution is -2.27. The van der Waals surface area contributed by atoms with Gasteiger partial charge in [-0.05, 0) is 6.42 Å². The molecule has 0 radical (unpaired) electrons. The molecule has 7 heteroatoms. The zero-order chi connectivity index (χ0) is 9.61. The van der Waals surface area contributed by atoms with E-state index in [0.29, 0.717) is 6.42 Å². The van der Waals surface area contributed by atoms with Crippen molar-refractivity contribution in [3.05, 3.63) is 0 Å². The second-order valence-corrected chi connectivity index (χ2v) is 5.16. The minimum absolute atomic E-state index is 0.0901. The van der Waals surface area contributed by atoms with Crippen LogP contribution in [0.1, 0.15) is 26.2 Å². The van der Waals surface area contributed by atoms with Crippen molar-refractivity contribution in [1.29, 1.82) is 0 Å². The molecule has 0 aliphatic carbocycles. The molecule has 1 atom stereocenters. The number of hydrogen-bond donors (Lipinski definition) is 2. The van der Waals surface area contributed by atoms with Gasteiger partial charge in [-0.15, -0.1) is 4.13 Å². The minimum atomic E-state index is -3.55. The Hall–Kier alpha value is 0.0200. The molecule has 0 aromatic carbocycles. The quantitative estimate of drug-likeness (QED) is 0.491. The van der Waals surface area contributed by atoms with Crippen LogP contribution < -0.4 is 4.13 Å². The average molecular weight is 215 g/mol. The maximum absolute atomic E-state index is 10.9. The molecule has 0 amide bonds. The van der Waals surface area contributed by atoms with E-state index in [0.717, 1.165) is 12.8 Å². The molecular formula is C5H13NO4S2. The van der Waals surface area contributed by atoms with Crippen molar-refractivity contribution >= 4 is 21.3 Å². The first kappa shape index (κ1) is 12.0. The Labute approximate surface area is 75.0 Å². The summed E-state index contributed by atoms with van der Waals surface area (Å²) in [6.45, 7) is 1.95. The highest BCUT2D eigenvalue weighted by atomic mass is 32.3. The number of unbranched alkanes of at least 4 members (excludes halogenated alkanes) is 2. The summed E-state index contributed by atoms with van der Waals surface area (Å²) in [5.74, 6) is -0.0901. The molecule has 12 heavy (non-hydrogen) atoms. The van der Waals surface area contributed by atoms with E-state index in [4.69, 9.17) is 4.55 Å². The molecule has 0 rings (SSSR count). The van der Waals surface area contributed by atoms with Crippen LogP contribution in [0.25, 0.3) is 0 Å². The molecule has 2 N–H and O–H groups in total. The van der Waals surface area contributed by atoms with Crippen LogP contribution in [0.2, 0.25) is 0 Å². The highest BCUT2D eigenvalue weighted by Crippen LogP contribution is 1.97. The Morgan fingerprint density at radius 3 is 2.42 bits per heavy atom. The number of hydrogen-bond acceptors (Lipinski definition) is 3. The molecular weight excluding hydrogens is 202 g/mol. The Bertz CT molecular complexity index is 236. The first-order valence-corrected chi connectivity index (χ1v) is 6.35. The molecule has 0 spiro atoms. The highest BCUT2D eigenvalue weighted by molar-refractivity contribution is 7.99. The molecule has 0 fully saturated rings. The van der Waals surface area contributed by atoms with E-state index in [9.17, 15) is 12.6 Å². The van der Waals surface area contributed by atoms with Crippen LogP contribution in [0.5, 0.6) is 0 Å². The normalized spacial score (nSPS) is 14.5. The van der Waals surface area contributed by atoms with Gasteiger partial charge in [0.1, 0.15) is 0 Å². The predicted molar refractivity (Wildman–Crippen MR) is 47.2 cm³/mol. The number of sulfonamides is 1. The summed E-state index contributed by atoms with van der Waals surface area (Å²) in [5, 5.41) is 0. The summed E-state index contributed by atoms with van der Waals surface area (Å²) in [6, 6.07) is 0. The molecule has 0 aromatic heterocycles. The zero-order valence-corrected chi connectivity index (χ0v) is 8.45. The van der Waals surface area contributed by atoms with Crippen LogP contribution in [0, 0.1) is 0 Å². The molecule has 0 aromatic rings. The minimum Gasteiger partial charge on any atom is -0.293 e. The fraction of sp³-hybridized carbons (Fsp3) is 1.00. The molecule has 0 saturated carbocycles. The topological polar surface area (TPSA) is 83.5 Å². The summed E-state index contributed by atoms with van der Waals surface area (Å²) in [7, 11) is -3.55. The SMILES string of the molecule is CCCCCS(=O)(=O)NS(=O)O. The largest absolute Gasteiger partial charge is 0.293 e. The number of nitrogens with one attached hydrogen (secondary N) is 1. The Morgan fingerprint density at radius 2 is 2.00 bits per heavy atom. The second kappa shape index (κ2) is 5.63. The smallest absolute Gasteiger partial charge is 0.245 e. The maximum Gasteiger partial charge on any atom is 0.245 e. The lowest BCUT2D eigenvalue weighted by molar-refractivity contribution is 0.552. The fourth-order valence-corrected chi connectivity index (χ4v) is 2.48. The van der Waals surface area contributed by atoms with Gasteiger partial charge in [0.25, 0.3) is 0 Å². The van der Waals surface area contributed by atoms with Crippen molar-refractivity contribution in [3.63, 3.8) is 0 Å². The van der Waals surface area contributed by atoms with E-state index in [1.165, 1.54) is 0 Å². The number of rotatable bonds is 6. The summed E-state index contributed by atoms with van der Waals surface area (Å²) in [6.07, 6.45) is 2.24. The first-order chi connectivity index (χ1) is 5.48. The molecule has 0 saturated heterocycles. The third-order valence-corrected chi connectivity index (χ3v) is 3.63. The molecule has 74 valence electrons. The molecule has 5 nitrogen and oxygen atoms in total. The van der Waals surface area contributed by atoms with Crippen LogP contribution in [-0.4, -0.2) is 22.9 Å². The van der Waals surface area contributed by atoms with Gasteiger partial charge < -0.3 is 0 Å². The van der Waals surface area contributed by atoms with Crippen molar-refractivity contribution in [2.24, 2.45) is 0 Å². The Balaban J connectivity index is 3.81. The van der Waals surface area contributed by atoms with Gasteiger partial charge >= 0.3 is 0 Å². The third kappa shape index (κ3) is 6.71. The maximum atomic E-state index is 10.9. The monoisotopic (exact) mass is 215 g/mol. The van der Waals surface area contributed by atoms with E-state index >= 15 is 0 Å². The van der Waals surface area contributed by atoms with Gasteiger partial charge in [-0.25, -0.2) is 12.6 Å². The van der Waals surface area contributed by atoms with Crippen molar-refractivity contribution in [1.82, 2.24) is 4.13 Å². The predicted octanol–water partition coefficient (Wildman–Crippen LogP) is 0.233. The van der Waals surface area contributed by atoms with Crippen LogP contribution >= 0.6 is 0 Å². The van der Waals surface area contributed by atoms with Crippen LogP contribution in [0.3, 0.4) is 0 Å². The molecule has 0 heterocycles. The average Bonchev–Trinajstić information content (AvgIpc) is 1.84. The second-order valence-electron chi connectivity index (χ2n) is 2.36. The van der Waals surface area contributed by atoms with Gasteiger partial charge in [0.15, 0.2) is 0 Å². The highest BCUT2D eigenvalue weighted by Gasteiger charge is 2.11. The van der Waals surface area contributed by atoms with E-state index in [1.54, 1.807) is 4.13 Å². The standard InChI is InChI=1S/C5H13NO4S2/c1-2-3-4-5-12(9,10)6-11(7)8/h6H,2-5H2,1H3,(H,7,8). The first-order valence-electron chi connectivity index (χ1n) is 3.59. The van der Waals surface area contributed by atoms with Crippen molar-refractivity contribution < 1.29 is 17.2 Å². The van der Waals surface area contributed by atoms with Gasteiger partial charge in [0.2, 0.25) is 21.3 Å². The molecule has 0 aliphatic heterocycles. The van der Waals surface area contributed by atoms with E-state index in [2.05, 4.69) is 0 Å². The van der Waals surface area contributed by atoms with Gasteiger partial charge in [-0.2, -0.15) is 0 Å². The van der Waals surface area contributed by atoms with Crippen molar-refractivity contribution in [2.75, 3.05) is 5.75 Å². The third-order valence-electron chi connectivity index (χ3n) is 1.21. The summed E-state index contributed by atoms with van der Waals surface area (Å²) < 4.78 is 41.6. The Kier molecular flexibility index (Phi) is 5.64. The van der Waals surface area contributed by atoms with Crippen LogP contribution in [0.15, 0.2) is 0 Å². The van der Waals surface area contributed by atoms with Crippen molar-refractivity contribution in [3.8, 4) is 0 Å². The summed E-state index contributed by atoms with van der Waals surface area (Å²) >= 11 is -2.48.